The van der Waals surface area contributed by atoms with Crippen LogP contribution in [0.2, 0.25) is 0 Å². The third kappa shape index (κ3) is 5.63. The maximum Gasteiger partial charge on any atom is 0.184 e. The Morgan fingerprint density at radius 3 is 1.88 bits per heavy atom. The number of nitrogens with one attached hydrogen (secondary N) is 1. The van der Waals surface area contributed by atoms with Gasteiger partial charge in [0.15, 0.2) is 5.82 Å². The van der Waals surface area contributed by atoms with Crippen molar-refractivity contribution in [1.82, 2.24) is 30.2 Å². The van der Waals surface area contributed by atoms with Gasteiger partial charge in [-0.05, 0) is 57.2 Å². The maximum absolute atomic E-state index is 4.92. The van der Waals surface area contributed by atoms with Gasteiger partial charge >= 0.3 is 0 Å². The van der Waals surface area contributed by atoms with Crippen LogP contribution in [0.1, 0.15) is 57.6 Å². The molecule has 0 atom stereocenters. The van der Waals surface area contributed by atoms with E-state index in [0.717, 1.165) is 70.4 Å². The molecule has 8 rings (SSSR count). The smallest absolute Gasteiger partial charge is 0.184 e. The van der Waals surface area contributed by atoms with Crippen LogP contribution >= 0.6 is 11.3 Å². The van der Waals surface area contributed by atoms with Crippen molar-refractivity contribution in [3.05, 3.63) is 177 Å². The van der Waals surface area contributed by atoms with Crippen LogP contribution in [0, 0.1) is 6.92 Å². The third-order valence-corrected chi connectivity index (χ3v) is 10.7. The number of rotatable bonds is 11. The summed E-state index contributed by atoms with van der Waals surface area (Å²) < 4.78 is 2.00. The van der Waals surface area contributed by atoms with E-state index in [9.17, 15) is 0 Å². The molecule has 0 radical (unpaired) electrons. The Morgan fingerprint density at radius 1 is 0.700 bits per heavy atom. The number of H-pyrrole nitrogens is 1. The van der Waals surface area contributed by atoms with Gasteiger partial charge in [-0.2, -0.15) is 0 Å². The number of aromatic amines is 1. The molecule has 1 N–H and O–H groups in total. The number of imidazole rings is 1. The molecule has 0 saturated carbocycles. The van der Waals surface area contributed by atoms with Crippen LogP contribution in [0.4, 0.5) is 0 Å². The highest BCUT2D eigenvalue weighted by molar-refractivity contribution is 7.13. The van der Waals surface area contributed by atoms with E-state index in [1.165, 1.54) is 20.8 Å². The summed E-state index contributed by atoms with van der Waals surface area (Å²) in [7, 11) is 0. The minimum absolute atomic E-state index is 0.691. The van der Waals surface area contributed by atoms with E-state index >= 15 is 0 Å². The van der Waals surface area contributed by atoms with Gasteiger partial charge in [-0.1, -0.05) is 153 Å². The molecule has 5 aromatic carbocycles. The molecule has 246 valence electrons. The number of fused-ring (bicyclic) bond motifs is 1. The zero-order valence-corrected chi connectivity index (χ0v) is 29.1. The van der Waals surface area contributed by atoms with E-state index in [-0.39, 0.29) is 0 Å². The normalized spacial score (nSPS) is 11.7. The number of hydrogen-bond acceptors (Lipinski definition) is 5. The average molecular weight is 671 g/mol. The van der Waals surface area contributed by atoms with Crippen LogP contribution in [-0.4, -0.2) is 30.2 Å². The van der Waals surface area contributed by atoms with Gasteiger partial charge in [0.25, 0.3) is 0 Å². The molecule has 0 aliphatic rings. The van der Waals surface area contributed by atoms with Crippen LogP contribution in [-0.2, 0) is 18.4 Å². The molecule has 0 spiro atoms. The summed E-state index contributed by atoms with van der Waals surface area (Å²) in [6.07, 6.45) is 4.17. The van der Waals surface area contributed by atoms with E-state index in [0.29, 0.717) is 5.82 Å². The molecule has 3 heterocycles. The minimum atomic E-state index is -0.827. The first-order valence-corrected chi connectivity index (χ1v) is 18.1. The van der Waals surface area contributed by atoms with Crippen LogP contribution in [0.3, 0.4) is 0 Å². The van der Waals surface area contributed by atoms with Crippen molar-refractivity contribution in [3.63, 3.8) is 0 Å². The third-order valence-electron chi connectivity index (χ3n) is 9.57. The second-order valence-corrected chi connectivity index (χ2v) is 14.0. The Morgan fingerprint density at radius 2 is 1.28 bits per heavy atom. The summed E-state index contributed by atoms with van der Waals surface area (Å²) in [5, 5.41) is 13.9. The van der Waals surface area contributed by atoms with Crippen molar-refractivity contribution in [1.29, 1.82) is 0 Å². The molecule has 3 aromatic heterocycles. The van der Waals surface area contributed by atoms with Gasteiger partial charge in [0, 0.05) is 28.2 Å². The molecule has 0 aliphatic carbocycles. The Bertz CT molecular complexity index is 2240. The topological polar surface area (TPSA) is 72.3 Å². The highest BCUT2D eigenvalue weighted by atomic mass is 32.1. The Balaban J connectivity index is 1.21. The molecule has 6 nitrogen and oxygen atoms in total. The number of nitrogens with zero attached hydrogens (tertiary/aromatic N) is 5. The standard InChI is InChI=1S/C43H38N6S/c1-3-4-24-39-44-40-30(2)50-38(41(40)45-39)29-31-25-27-32(28-26-31)36-22-14-15-23-37(36)42-46-47-48-49(42)43(33-16-8-5-9-17-33,34-18-10-6-11-19-34)35-20-12-7-13-21-35/h5-23,25-28H,3-4,24,29H2,1-2H3,(H,44,45). The zero-order valence-electron chi connectivity index (χ0n) is 28.3. The Labute approximate surface area is 296 Å². The van der Waals surface area contributed by atoms with Crippen LogP contribution in [0.25, 0.3) is 33.5 Å². The average Bonchev–Trinajstić information content (AvgIpc) is 3.90. The van der Waals surface area contributed by atoms with E-state index in [1.807, 2.05) is 34.2 Å². The fraction of sp³-hybridized carbons (Fsp3) is 0.163. The van der Waals surface area contributed by atoms with Gasteiger partial charge in [-0.3, -0.25) is 0 Å². The molecular weight excluding hydrogens is 633 g/mol. The predicted octanol–water partition coefficient (Wildman–Crippen LogP) is 10.0. The maximum atomic E-state index is 4.92. The highest BCUT2D eigenvalue weighted by Gasteiger charge is 2.42. The second kappa shape index (κ2) is 13.7. The fourth-order valence-corrected chi connectivity index (χ4v) is 8.26. The summed E-state index contributed by atoms with van der Waals surface area (Å²) in [6.45, 7) is 4.40. The first-order valence-electron chi connectivity index (χ1n) is 17.3. The van der Waals surface area contributed by atoms with Gasteiger partial charge in [0.05, 0.1) is 5.52 Å². The van der Waals surface area contributed by atoms with Gasteiger partial charge in [0.1, 0.15) is 16.9 Å². The molecular formula is C43H38N6S. The molecule has 0 fully saturated rings. The first-order chi connectivity index (χ1) is 24.7. The molecule has 0 bridgehead atoms. The molecule has 8 aromatic rings. The van der Waals surface area contributed by atoms with Crippen molar-refractivity contribution in [2.24, 2.45) is 0 Å². The lowest BCUT2D eigenvalue weighted by Crippen LogP contribution is -2.39. The van der Waals surface area contributed by atoms with E-state index in [4.69, 9.17) is 15.3 Å². The van der Waals surface area contributed by atoms with Crippen LogP contribution in [0.5, 0.6) is 0 Å². The van der Waals surface area contributed by atoms with Crippen molar-refractivity contribution in [3.8, 4) is 22.5 Å². The van der Waals surface area contributed by atoms with Crippen LogP contribution < -0.4 is 0 Å². The van der Waals surface area contributed by atoms with Crippen molar-refractivity contribution < 1.29 is 0 Å². The van der Waals surface area contributed by atoms with Gasteiger partial charge < -0.3 is 4.98 Å². The lowest BCUT2D eigenvalue weighted by Gasteiger charge is -2.36. The lowest BCUT2D eigenvalue weighted by atomic mass is 9.77. The molecule has 0 aliphatic heterocycles. The van der Waals surface area contributed by atoms with Crippen molar-refractivity contribution in [2.45, 2.75) is 45.1 Å². The Hall–Kier alpha value is -5.66. The second-order valence-electron chi connectivity index (χ2n) is 12.7. The van der Waals surface area contributed by atoms with E-state index < -0.39 is 5.54 Å². The number of tetrazole rings is 1. The fourth-order valence-electron chi connectivity index (χ4n) is 7.15. The van der Waals surface area contributed by atoms with E-state index in [2.05, 4.69) is 145 Å². The van der Waals surface area contributed by atoms with Crippen molar-refractivity contribution >= 4 is 22.4 Å². The molecule has 0 saturated heterocycles. The minimum Gasteiger partial charge on any atom is -0.341 e. The molecule has 7 heteroatoms. The summed E-state index contributed by atoms with van der Waals surface area (Å²) in [6, 6.07) is 48.9. The van der Waals surface area contributed by atoms with Crippen molar-refractivity contribution in [2.75, 3.05) is 0 Å². The number of hydrogen-bond donors (Lipinski definition) is 1. The summed E-state index contributed by atoms with van der Waals surface area (Å²) in [5.74, 6) is 1.79. The van der Waals surface area contributed by atoms with Gasteiger partial charge in [-0.15, -0.1) is 16.4 Å². The van der Waals surface area contributed by atoms with E-state index in [1.54, 1.807) is 0 Å². The predicted molar refractivity (Wildman–Crippen MR) is 203 cm³/mol. The summed E-state index contributed by atoms with van der Waals surface area (Å²) >= 11 is 1.84. The monoisotopic (exact) mass is 670 g/mol. The first kappa shape index (κ1) is 31.6. The molecule has 50 heavy (non-hydrogen) atoms. The molecule has 0 amide bonds. The summed E-state index contributed by atoms with van der Waals surface area (Å²) in [5.41, 5.74) is 9.11. The number of thiophene rings is 1. The SMILES string of the molecule is CCCCc1nc2c(C)sc(Cc3ccc(-c4ccccc4-c4nnnn4C(c4ccccc4)(c4ccccc4)c4ccccc4)cc3)c2[nH]1. The number of unbranched alkanes of at least 4 members (excludes halogenated alkanes) is 1. The quantitative estimate of drug-likeness (QED) is 0.139. The summed E-state index contributed by atoms with van der Waals surface area (Å²) in [4.78, 5) is 11.2. The number of aromatic nitrogens is 6. The Kier molecular flexibility index (Phi) is 8.65. The van der Waals surface area contributed by atoms with Crippen LogP contribution in [0.15, 0.2) is 140 Å². The highest BCUT2D eigenvalue weighted by Crippen LogP contribution is 2.43. The largest absolute Gasteiger partial charge is 0.341 e. The lowest BCUT2D eigenvalue weighted by molar-refractivity contribution is 0.451. The number of benzene rings is 5. The molecule has 0 unspecified atom stereocenters. The zero-order chi connectivity index (χ0) is 33.9. The number of aryl methyl sites for hydroxylation is 2. The van der Waals surface area contributed by atoms with Gasteiger partial charge in [-0.25, -0.2) is 9.67 Å². The van der Waals surface area contributed by atoms with Gasteiger partial charge in [0.2, 0.25) is 0 Å².